The van der Waals surface area contributed by atoms with Crippen LogP contribution in [0, 0.1) is 13.8 Å². The Morgan fingerprint density at radius 1 is 1.10 bits per heavy atom. The number of aryl methyl sites for hydroxylation is 2. The van der Waals surface area contributed by atoms with Crippen molar-refractivity contribution in [1.29, 1.82) is 0 Å². The molecule has 0 saturated carbocycles. The first-order valence-electron chi connectivity index (χ1n) is 9.63. The summed E-state index contributed by atoms with van der Waals surface area (Å²) < 4.78 is 3.54. The van der Waals surface area contributed by atoms with Crippen molar-refractivity contribution in [3.05, 3.63) is 71.6 Å². The lowest BCUT2D eigenvalue weighted by atomic mass is 10.1. The van der Waals surface area contributed by atoms with Gasteiger partial charge in [-0.2, -0.15) is 15.2 Å². The number of rotatable bonds is 7. The number of amides is 1. The van der Waals surface area contributed by atoms with Gasteiger partial charge in [-0.05, 0) is 56.0 Å². The van der Waals surface area contributed by atoms with E-state index in [2.05, 4.69) is 37.6 Å². The van der Waals surface area contributed by atoms with Crippen molar-refractivity contribution in [1.82, 2.24) is 34.7 Å². The summed E-state index contributed by atoms with van der Waals surface area (Å²) in [5.74, 6) is 0.627. The van der Waals surface area contributed by atoms with E-state index < -0.39 is 0 Å². The predicted octanol–water partition coefficient (Wildman–Crippen LogP) is 2.22. The van der Waals surface area contributed by atoms with E-state index in [0.717, 1.165) is 29.1 Å². The van der Waals surface area contributed by atoms with E-state index in [1.807, 2.05) is 42.9 Å². The number of hydrogen-bond donors (Lipinski definition) is 1. The van der Waals surface area contributed by atoms with Gasteiger partial charge in [0.05, 0.1) is 5.69 Å². The van der Waals surface area contributed by atoms with E-state index in [0.29, 0.717) is 25.2 Å². The molecule has 0 radical (unpaired) electrons. The highest BCUT2D eigenvalue weighted by Gasteiger charge is 2.12. The van der Waals surface area contributed by atoms with Gasteiger partial charge in [-0.25, -0.2) is 14.2 Å². The van der Waals surface area contributed by atoms with E-state index >= 15 is 0 Å². The van der Waals surface area contributed by atoms with Gasteiger partial charge in [-0.1, -0.05) is 12.1 Å². The zero-order valence-electron chi connectivity index (χ0n) is 16.5. The predicted molar refractivity (Wildman–Crippen MR) is 109 cm³/mol. The lowest BCUT2D eigenvalue weighted by molar-refractivity contribution is -0.121. The Kier molecular flexibility index (Phi) is 5.33. The van der Waals surface area contributed by atoms with Crippen LogP contribution in [-0.2, 0) is 17.6 Å². The maximum atomic E-state index is 12.3. The van der Waals surface area contributed by atoms with Crippen molar-refractivity contribution < 1.29 is 4.79 Å². The summed E-state index contributed by atoms with van der Waals surface area (Å²) in [5, 5.41) is 11.4. The molecule has 4 rings (SSSR count). The molecule has 1 amide bonds. The van der Waals surface area contributed by atoms with E-state index in [9.17, 15) is 4.79 Å². The molecule has 1 aromatic carbocycles. The molecule has 0 aliphatic heterocycles. The van der Waals surface area contributed by atoms with Crippen LogP contribution in [0.2, 0.25) is 0 Å². The molecule has 0 saturated heterocycles. The van der Waals surface area contributed by atoms with Crippen LogP contribution in [0.25, 0.3) is 11.5 Å². The molecule has 0 spiro atoms. The first-order valence-corrected chi connectivity index (χ1v) is 9.63. The Morgan fingerprint density at radius 2 is 1.93 bits per heavy atom. The molecule has 3 aromatic heterocycles. The zero-order valence-corrected chi connectivity index (χ0v) is 16.5. The molecule has 4 aromatic rings. The number of benzene rings is 1. The number of nitrogens with zero attached hydrogens (tertiary/aromatic N) is 6. The molecule has 0 fully saturated rings. The van der Waals surface area contributed by atoms with Crippen LogP contribution in [0.4, 0.5) is 0 Å². The number of hydrogen-bond acceptors (Lipinski definition) is 5. The van der Waals surface area contributed by atoms with Gasteiger partial charge in [0.2, 0.25) is 5.91 Å². The first kappa shape index (κ1) is 18.8. The molecule has 0 atom stereocenters. The summed E-state index contributed by atoms with van der Waals surface area (Å²) in [7, 11) is 0. The molecule has 0 aliphatic rings. The molecule has 0 aliphatic carbocycles. The van der Waals surface area contributed by atoms with E-state index in [-0.39, 0.29) is 5.91 Å². The van der Waals surface area contributed by atoms with Crippen LogP contribution in [-0.4, -0.2) is 41.8 Å². The average molecular weight is 389 g/mol. The lowest BCUT2D eigenvalue weighted by Crippen LogP contribution is -2.26. The van der Waals surface area contributed by atoms with Crippen LogP contribution >= 0.6 is 0 Å². The van der Waals surface area contributed by atoms with Gasteiger partial charge < -0.3 is 5.32 Å². The minimum atomic E-state index is 0.0376. The Labute approximate surface area is 168 Å². The van der Waals surface area contributed by atoms with Crippen LogP contribution < -0.4 is 5.32 Å². The molecule has 3 heterocycles. The summed E-state index contributed by atoms with van der Waals surface area (Å²) in [6, 6.07) is 10.1. The van der Waals surface area contributed by atoms with Crippen molar-refractivity contribution in [3.8, 4) is 5.69 Å². The minimum absolute atomic E-state index is 0.0376. The fourth-order valence-electron chi connectivity index (χ4n) is 3.43. The van der Waals surface area contributed by atoms with Crippen LogP contribution in [0.3, 0.4) is 0 Å². The van der Waals surface area contributed by atoms with Crippen molar-refractivity contribution in [3.63, 3.8) is 0 Å². The van der Waals surface area contributed by atoms with E-state index in [1.165, 1.54) is 11.9 Å². The maximum Gasteiger partial charge on any atom is 0.252 e. The second-order valence-electron chi connectivity index (χ2n) is 6.95. The third-order valence-electron chi connectivity index (χ3n) is 5.03. The average Bonchev–Trinajstić information content (AvgIpc) is 3.40. The van der Waals surface area contributed by atoms with Gasteiger partial charge in [0.15, 0.2) is 0 Å². The number of carbonyl (C=O) groups excluding carboxylic acids is 1. The number of fused-ring (bicyclic) bond motifs is 1. The second-order valence-corrected chi connectivity index (χ2v) is 6.95. The number of nitrogens with one attached hydrogen (secondary N) is 1. The molecule has 0 bridgehead atoms. The molecule has 8 nitrogen and oxygen atoms in total. The molecule has 1 N–H and O–H groups in total. The van der Waals surface area contributed by atoms with Crippen molar-refractivity contribution in [2.45, 2.75) is 33.1 Å². The zero-order chi connectivity index (χ0) is 20.2. The summed E-state index contributed by atoms with van der Waals surface area (Å²) in [5.41, 5.74) is 5.12. The standard InChI is InChI=1S/C21H23N7O/c1-15-19(16(2)28-21(26-15)23-14-25-28)8-9-20(29)22-12-10-17-4-6-18(7-5-17)27-13-3-11-24-27/h3-7,11,13-14H,8-10,12H2,1-2H3,(H,22,29). The third kappa shape index (κ3) is 4.16. The van der Waals surface area contributed by atoms with E-state index in [1.54, 1.807) is 10.7 Å². The largest absolute Gasteiger partial charge is 0.356 e. The van der Waals surface area contributed by atoms with Gasteiger partial charge in [-0.15, -0.1) is 0 Å². The van der Waals surface area contributed by atoms with E-state index in [4.69, 9.17) is 0 Å². The first-order chi connectivity index (χ1) is 14.1. The molecule has 148 valence electrons. The summed E-state index contributed by atoms with van der Waals surface area (Å²) in [4.78, 5) is 20.9. The smallest absolute Gasteiger partial charge is 0.252 e. The third-order valence-corrected chi connectivity index (χ3v) is 5.03. The highest BCUT2D eigenvalue weighted by atomic mass is 16.1. The topological polar surface area (TPSA) is 90.0 Å². The van der Waals surface area contributed by atoms with Crippen LogP contribution in [0.5, 0.6) is 0 Å². The Morgan fingerprint density at radius 3 is 2.69 bits per heavy atom. The SMILES string of the molecule is Cc1nc2ncnn2c(C)c1CCC(=O)NCCc1ccc(-n2cccn2)cc1. The Balaban J connectivity index is 1.27. The molecular formula is C21H23N7O. The van der Waals surface area contributed by atoms with Crippen molar-refractivity contribution >= 4 is 11.7 Å². The van der Waals surface area contributed by atoms with Gasteiger partial charge in [0.25, 0.3) is 5.78 Å². The highest BCUT2D eigenvalue weighted by molar-refractivity contribution is 5.76. The maximum absolute atomic E-state index is 12.3. The minimum Gasteiger partial charge on any atom is -0.356 e. The van der Waals surface area contributed by atoms with Crippen LogP contribution in [0.1, 0.15) is 28.9 Å². The van der Waals surface area contributed by atoms with Crippen molar-refractivity contribution in [2.75, 3.05) is 6.54 Å². The van der Waals surface area contributed by atoms with Gasteiger partial charge in [0.1, 0.15) is 6.33 Å². The van der Waals surface area contributed by atoms with Crippen LogP contribution in [0.15, 0.2) is 49.1 Å². The Bertz CT molecular complexity index is 1110. The number of carbonyl (C=O) groups is 1. The quantitative estimate of drug-likeness (QED) is 0.523. The summed E-state index contributed by atoms with van der Waals surface area (Å²) in [6.07, 6.45) is 7.00. The fraction of sp³-hybridized carbons (Fsp3) is 0.286. The lowest BCUT2D eigenvalue weighted by Gasteiger charge is -2.11. The fourth-order valence-corrected chi connectivity index (χ4v) is 3.43. The summed E-state index contributed by atoms with van der Waals surface area (Å²) in [6.45, 7) is 4.54. The van der Waals surface area contributed by atoms with Gasteiger partial charge in [0, 0.05) is 36.7 Å². The molecule has 29 heavy (non-hydrogen) atoms. The number of aromatic nitrogens is 6. The normalized spacial score (nSPS) is 11.1. The molecule has 8 heteroatoms. The van der Waals surface area contributed by atoms with Gasteiger partial charge >= 0.3 is 0 Å². The van der Waals surface area contributed by atoms with Gasteiger partial charge in [-0.3, -0.25) is 4.79 Å². The molecular weight excluding hydrogens is 366 g/mol. The monoisotopic (exact) mass is 389 g/mol. The Hall–Kier alpha value is -3.55. The molecule has 0 unspecified atom stereocenters. The second kappa shape index (κ2) is 8.22. The van der Waals surface area contributed by atoms with Crippen molar-refractivity contribution in [2.24, 2.45) is 0 Å². The highest BCUT2D eigenvalue weighted by Crippen LogP contribution is 2.15. The summed E-state index contributed by atoms with van der Waals surface area (Å²) >= 11 is 0.